The van der Waals surface area contributed by atoms with Crippen LogP contribution in [0, 0.1) is 0 Å². The first-order chi connectivity index (χ1) is 11.8. The Kier molecular flexibility index (Phi) is 17.1. The summed E-state index contributed by atoms with van der Waals surface area (Å²) in [5, 5.41) is 2.59. The summed E-state index contributed by atoms with van der Waals surface area (Å²) in [6.45, 7) is 17.3. The van der Waals surface area contributed by atoms with E-state index in [0.29, 0.717) is 12.2 Å². The average molecular weight is 370 g/mol. The predicted octanol–water partition coefficient (Wildman–Crippen LogP) is 4.66. The molecule has 1 N–H and O–H groups in total. The Morgan fingerprint density at radius 2 is 1.68 bits per heavy atom. The van der Waals surface area contributed by atoms with Gasteiger partial charge in [-0.15, -0.1) is 0 Å². The zero-order valence-electron chi connectivity index (χ0n) is 17.5. The molecule has 2 atom stereocenters. The topological polar surface area (TPSA) is 39.7 Å². The maximum absolute atomic E-state index is 12.8. The molecule has 2 unspecified atom stereocenters. The van der Waals surface area contributed by atoms with Crippen LogP contribution >= 0.6 is 0 Å². The fourth-order valence-corrected chi connectivity index (χ4v) is 2.18. The minimum Gasteiger partial charge on any atom is -0.376 e. The third-order valence-electron chi connectivity index (χ3n) is 3.24. The second-order valence-electron chi connectivity index (χ2n) is 6.08. The zero-order valence-corrected chi connectivity index (χ0v) is 17.5. The van der Waals surface area contributed by atoms with Gasteiger partial charge >= 0.3 is 0 Å². The third-order valence-corrected chi connectivity index (χ3v) is 3.24. The Morgan fingerprint density at radius 1 is 1.08 bits per heavy atom. The summed E-state index contributed by atoms with van der Waals surface area (Å²) in [5.74, 6) is -2.69. The van der Waals surface area contributed by atoms with Crippen LogP contribution in [0.4, 0.5) is 8.78 Å². The Morgan fingerprint density at radius 3 is 2.04 bits per heavy atom. The summed E-state index contributed by atoms with van der Waals surface area (Å²) < 4.78 is 41.4. The van der Waals surface area contributed by atoms with Crippen molar-refractivity contribution in [1.82, 2.24) is 5.32 Å². The normalized spacial score (nSPS) is 24.0. The van der Waals surface area contributed by atoms with Gasteiger partial charge in [-0.25, -0.2) is 8.78 Å². The van der Waals surface area contributed by atoms with E-state index in [4.69, 9.17) is 14.2 Å². The second kappa shape index (κ2) is 15.9. The van der Waals surface area contributed by atoms with Crippen LogP contribution in [-0.4, -0.2) is 56.6 Å². The molecular weight excluding hydrogens is 328 g/mol. The van der Waals surface area contributed by atoms with E-state index in [9.17, 15) is 8.78 Å². The Balaban J connectivity index is 0. The van der Waals surface area contributed by atoms with Gasteiger partial charge in [-0.1, -0.05) is 27.7 Å². The van der Waals surface area contributed by atoms with Crippen molar-refractivity contribution in [2.75, 3.05) is 26.3 Å². The summed E-state index contributed by atoms with van der Waals surface area (Å²) in [6.07, 6.45) is 2.01. The molecule has 2 aliphatic rings. The first-order valence-electron chi connectivity index (χ1n) is 9.78. The molecule has 25 heavy (non-hydrogen) atoms. The van der Waals surface area contributed by atoms with Crippen LogP contribution in [0.25, 0.3) is 0 Å². The van der Waals surface area contributed by atoms with Crippen molar-refractivity contribution in [1.29, 1.82) is 0 Å². The molecule has 0 aromatic rings. The highest BCUT2D eigenvalue weighted by Gasteiger charge is 2.45. The molecule has 2 rings (SSSR count). The molecule has 0 aromatic heterocycles. The number of ether oxygens (including phenoxy) is 3. The maximum Gasteiger partial charge on any atom is 0.287 e. The van der Waals surface area contributed by atoms with Gasteiger partial charge in [0.25, 0.3) is 5.92 Å². The molecule has 0 bridgehead atoms. The van der Waals surface area contributed by atoms with Gasteiger partial charge in [0.15, 0.2) is 0 Å². The molecule has 2 saturated heterocycles. The lowest BCUT2D eigenvalue weighted by Gasteiger charge is -2.20. The summed E-state index contributed by atoms with van der Waals surface area (Å²) in [4.78, 5) is 0. The molecular formula is C19H41F2NO3. The van der Waals surface area contributed by atoms with Gasteiger partial charge in [0, 0.05) is 13.2 Å². The van der Waals surface area contributed by atoms with E-state index < -0.39 is 12.0 Å². The van der Waals surface area contributed by atoms with Crippen molar-refractivity contribution < 1.29 is 23.0 Å². The fourth-order valence-electron chi connectivity index (χ4n) is 2.18. The molecule has 4 nitrogen and oxygen atoms in total. The average Bonchev–Trinajstić information content (AvgIpc) is 3.20. The van der Waals surface area contributed by atoms with Crippen LogP contribution in [0.5, 0.6) is 0 Å². The molecule has 0 saturated carbocycles. The minimum absolute atomic E-state index is 0.134. The molecule has 0 radical (unpaired) electrons. The van der Waals surface area contributed by atoms with E-state index in [0.717, 1.165) is 13.2 Å². The first kappa shape index (κ1) is 26.9. The summed E-state index contributed by atoms with van der Waals surface area (Å²) in [7, 11) is 0. The van der Waals surface area contributed by atoms with Crippen molar-refractivity contribution in [3.05, 3.63) is 0 Å². The SMILES string of the molecule is CC.CC.CC(C)OC1CNCC1(F)F.CC(C)OCC1CCCO1. The molecule has 2 aliphatic heterocycles. The number of rotatable bonds is 5. The summed E-state index contributed by atoms with van der Waals surface area (Å²) in [6, 6.07) is 0. The molecule has 6 heteroatoms. The highest BCUT2D eigenvalue weighted by molar-refractivity contribution is 4.89. The molecule has 0 amide bonds. The number of hydrogen-bond acceptors (Lipinski definition) is 4. The van der Waals surface area contributed by atoms with Crippen LogP contribution in [0.3, 0.4) is 0 Å². The summed E-state index contributed by atoms with van der Waals surface area (Å²) >= 11 is 0. The number of alkyl halides is 2. The molecule has 2 heterocycles. The standard InChI is InChI=1S/C8H16O2.C7H13F2NO.2C2H6/c1-7(2)10-6-8-4-3-5-9-8;1-5(2)11-6-3-10-4-7(6,8)9;2*1-2/h7-8H,3-6H2,1-2H3;5-6,10H,3-4H2,1-2H3;2*1-2H3. The highest BCUT2D eigenvalue weighted by atomic mass is 19.3. The lowest BCUT2D eigenvalue weighted by Crippen LogP contribution is -2.35. The van der Waals surface area contributed by atoms with Gasteiger partial charge in [-0.05, 0) is 40.5 Å². The second-order valence-corrected chi connectivity index (χ2v) is 6.08. The Hall–Kier alpha value is -0.300. The first-order valence-corrected chi connectivity index (χ1v) is 9.78. The van der Waals surface area contributed by atoms with Crippen LogP contribution in [-0.2, 0) is 14.2 Å². The van der Waals surface area contributed by atoms with E-state index in [1.165, 1.54) is 12.8 Å². The fraction of sp³-hybridized carbons (Fsp3) is 1.00. The predicted molar refractivity (Wildman–Crippen MR) is 101 cm³/mol. The van der Waals surface area contributed by atoms with Gasteiger partial charge in [0.2, 0.25) is 0 Å². The van der Waals surface area contributed by atoms with Gasteiger partial charge < -0.3 is 19.5 Å². The van der Waals surface area contributed by atoms with E-state index >= 15 is 0 Å². The lowest BCUT2D eigenvalue weighted by molar-refractivity contribution is -0.122. The maximum atomic E-state index is 12.8. The lowest BCUT2D eigenvalue weighted by atomic mass is 10.2. The van der Waals surface area contributed by atoms with Crippen molar-refractivity contribution >= 4 is 0 Å². The zero-order chi connectivity index (χ0) is 19.9. The number of nitrogens with one attached hydrogen (secondary N) is 1. The Labute approximate surface area is 154 Å². The van der Waals surface area contributed by atoms with E-state index in [1.807, 2.05) is 27.7 Å². The number of hydrogen-bond donors (Lipinski definition) is 1. The monoisotopic (exact) mass is 369 g/mol. The van der Waals surface area contributed by atoms with Crippen LogP contribution in [0.15, 0.2) is 0 Å². The van der Waals surface area contributed by atoms with Crippen molar-refractivity contribution in [2.24, 2.45) is 0 Å². The molecule has 0 aromatic carbocycles. The van der Waals surface area contributed by atoms with Gasteiger partial charge in [0.1, 0.15) is 6.10 Å². The van der Waals surface area contributed by atoms with Gasteiger partial charge in [0.05, 0.1) is 31.5 Å². The smallest absolute Gasteiger partial charge is 0.287 e. The number of halogens is 2. The third kappa shape index (κ3) is 13.5. The van der Waals surface area contributed by atoms with E-state index in [-0.39, 0.29) is 19.2 Å². The van der Waals surface area contributed by atoms with Crippen molar-refractivity contribution in [3.8, 4) is 0 Å². The van der Waals surface area contributed by atoms with Crippen LogP contribution < -0.4 is 5.32 Å². The van der Waals surface area contributed by atoms with Gasteiger partial charge in [-0.2, -0.15) is 0 Å². The van der Waals surface area contributed by atoms with Gasteiger partial charge in [-0.3, -0.25) is 0 Å². The van der Waals surface area contributed by atoms with E-state index in [2.05, 4.69) is 19.2 Å². The largest absolute Gasteiger partial charge is 0.376 e. The highest BCUT2D eigenvalue weighted by Crippen LogP contribution is 2.25. The van der Waals surface area contributed by atoms with Crippen LogP contribution in [0.2, 0.25) is 0 Å². The molecule has 2 fully saturated rings. The van der Waals surface area contributed by atoms with Crippen molar-refractivity contribution in [3.63, 3.8) is 0 Å². The Bertz CT molecular complexity index is 284. The van der Waals surface area contributed by atoms with Crippen molar-refractivity contribution in [2.45, 2.75) is 98.6 Å². The van der Waals surface area contributed by atoms with Crippen LogP contribution in [0.1, 0.15) is 68.2 Å². The van der Waals surface area contributed by atoms with E-state index in [1.54, 1.807) is 13.8 Å². The summed E-state index contributed by atoms with van der Waals surface area (Å²) in [5.41, 5.74) is 0. The quantitative estimate of drug-likeness (QED) is 0.765. The molecule has 0 spiro atoms. The molecule has 0 aliphatic carbocycles. The minimum atomic E-state index is -2.69. The molecule has 154 valence electrons.